The smallest absolute Gasteiger partial charge is 0.388 e. The van der Waals surface area contributed by atoms with Crippen molar-refractivity contribution in [1.82, 2.24) is 0 Å². The summed E-state index contributed by atoms with van der Waals surface area (Å²) in [6.07, 6.45) is -5.00. The van der Waals surface area contributed by atoms with Crippen molar-refractivity contribution in [3.63, 3.8) is 0 Å². The number of aliphatic hydroxyl groups is 2. The van der Waals surface area contributed by atoms with Crippen molar-refractivity contribution < 1.29 is 36.8 Å². The van der Waals surface area contributed by atoms with Gasteiger partial charge in [-0.2, -0.15) is 8.42 Å². The lowest BCUT2D eigenvalue weighted by molar-refractivity contribution is -0.256. The van der Waals surface area contributed by atoms with Gasteiger partial charge < -0.3 is 25.4 Å². The molecule has 0 amide bonds. The molecule has 1 aliphatic rings. The maximum atomic E-state index is 10.4. The van der Waals surface area contributed by atoms with Crippen LogP contribution < -0.4 is 5.73 Å². The molecule has 1 heterocycles. The minimum Gasteiger partial charge on any atom is -0.388 e. The molecule has 5 atom stereocenters. The summed E-state index contributed by atoms with van der Waals surface area (Å²) < 4.78 is 43.0. The summed E-state index contributed by atoms with van der Waals surface area (Å²) >= 11 is 0. The van der Waals surface area contributed by atoms with E-state index in [1.54, 1.807) is 0 Å². The van der Waals surface area contributed by atoms with Gasteiger partial charge >= 0.3 is 10.4 Å². The summed E-state index contributed by atoms with van der Waals surface area (Å²) in [6, 6.07) is -0.975. The normalized spacial score (nSPS) is 39.2. The van der Waals surface area contributed by atoms with Crippen LogP contribution in [0.2, 0.25) is 0 Å². The molecule has 10 heteroatoms. The molecule has 1 aliphatic heterocycles. The van der Waals surface area contributed by atoms with Gasteiger partial charge in [0.1, 0.15) is 18.3 Å². The zero-order chi connectivity index (χ0) is 13.2. The van der Waals surface area contributed by atoms with Gasteiger partial charge in [-0.3, -0.25) is 4.55 Å². The molecule has 9 nitrogen and oxygen atoms in total. The first-order valence-corrected chi connectivity index (χ1v) is 6.04. The Morgan fingerprint density at radius 2 is 1.94 bits per heavy atom. The molecule has 1 rings (SSSR count). The predicted octanol–water partition coefficient (Wildman–Crippen LogP) is -2.77. The lowest BCUT2D eigenvalue weighted by atomic mass is 9.98. The summed E-state index contributed by atoms with van der Waals surface area (Å²) in [5.41, 5.74) is 5.50. The highest BCUT2D eigenvalue weighted by atomic mass is 32.3. The second-order valence-corrected chi connectivity index (χ2v) is 4.64. The van der Waals surface area contributed by atoms with Crippen LogP contribution in [0.15, 0.2) is 0 Å². The van der Waals surface area contributed by atoms with Gasteiger partial charge in [0.25, 0.3) is 0 Å². The van der Waals surface area contributed by atoms with Crippen molar-refractivity contribution in [3.05, 3.63) is 0 Å². The average Bonchev–Trinajstić information content (AvgIpc) is 2.24. The number of nitrogens with two attached hydrogens (primary N) is 1. The Morgan fingerprint density at radius 3 is 2.41 bits per heavy atom. The monoisotopic (exact) mass is 273 g/mol. The topological polar surface area (TPSA) is 149 Å². The molecule has 0 bridgehead atoms. The first kappa shape index (κ1) is 14.7. The highest BCUT2D eigenvalue weighted by Crippen LogP contribution is 2.20. The second kappa shape index (κ2) is 5.54. The molecular weight excluding hydrogens is 258 g/mol. The molecule has 0 aromatic heterocycles. The average molecular weight is 273 g/mol. The van der Waals surface area contributed by atoms with E-state index in [2.05, 4.69) is 4.18 Å². The van der Waals surface area contributed by atoms with Crippen LogP contribution in [0, 0.1) is 0 Å². The van der Waals surface area contributed by atoms with Crippen LogP contribution in [0.25, 0.3) is 0 Å². The molecule has 0 aromatic rings. The van der Waals surface area contributed by atoms with Crippen molar-refractivity contribution in [2.45, 2.75) is 30.6 Å². The standard InChI is InChI=1S/C7H15NO8S/c1-14-7-4(8)6(10)5(9)3(16-7)2-15-17(11,12)13/h3-7,9-10H,2,8H2,1H3,(H,11,12,13). The van der Waals surface area contributed by atoms with Gasteiger partial charge in [-0.1, -0.05) is 0 Å². The van der Waals surface area contributed by atoms with E-state index in [0.717, 1.165) is 0 Å². The van der Waals surface area contributed by atoms with Crippen molar-refractivity contribution in [1.29, 1.82) is 0 Å². The quantitative estimate of drug-likeness (QED) is 0.399. The van der Waals surface area contributed by atoms with E-state index in [1.807, 2.05) is 0 Å². The highest BCUT2D eigenvalue weighted by molar-refractivity contribution is 7.80. The molecule has 1 fully saturated rings. The van der Waals surface area contributed by atoms with Gasteiger partial charge in [-0.15, -0.1) is 0 Å². The first-order chi connectivity index (χ1) is 7.76. The third kappa shape index (κ3) is 3.82. The number of hydrogen-bond acceptors (Lipinski definition) is 8. The minimum atomic E-state index is -4.65. The summed E-state index contributed by atoms with van der Waals surface area (Å²) in [7, 11) is -3.37. The SMILES string of the molecule is COC1OC(COS(=O)(=O)O)C(O)C(O)C1N. The van der Waals surface area contributed by atoms with Crippen LogP contribution >= 0.6 is 0 Å². The van der Waals surface area contributed by atoms with Crippen LogP contribution in [0.3, 0.4) is 0 Å². The maximum absolute atomic E-state index is 10.4. The summed E-state index contributed by atoms with van der Waals surface area (Å²) in [5, 5.41) is 19.1. The van der Waals surface area contributed by atoms with E-state index < -0.39 is 47.6 Å². The lowest BCUT2D eigenvalue weighted by Gasteiger charge is -2.40. The van der Waals surface area contributed by atoms with Crippen LogP contribution in [0.4, 0.5) is 0 Å². The molecule has 17 heavy (non-hydrogen) atoms. The number of ether oxygens (including phenoxy) is 2. The van der Waals surface area contributed by atoms with Gasteiger partial charge in [0.15, 0.2) is 6.29 Å². The molecule has 0 aromatic carbocycles. The number of hydrogen-bond donors (Lipinski definition) is 4. The Labute approximate surface area is 98.0 Å². The molecule has 102 valence electrons. The summed E-state index contributed by atoms with van der Waals surface area (Å²) in [5.74, 6) is 0. The maximum Gasteiger partial charge on any atom is 0.397 e. The van der Waals surface area contributed by atoms with Crippen LogP contribution in [-0.2, 0) is 24.1 Å². The largest absolute Gasteiger partial charge is 0.397 e. The van der Waals surface area contributed by atoms with Gasteiger partial charge in [0.05, 0.1) is 12.6 Å². The van der Waals surface area contributed by atoms with E-state index in [0.29, 0.717) is 0 Å². The van der Waals surface area contributed by atoms with Gasteiger partial charge in [-0.05, 0) is 0 Å². The zero-order valence-electron chi connectivity index (χ0n) is 8.96. The Bertz CT molecular complexity index is 344. The van der Waals surface area contributed by atoms with Gasteiger partial charge in [0, 0.05) is 7.11 Å². The third-order valence-electron chi connectivity index (χ3n) is 2.36. The number of aliphatic hydroxyl groups excluding tert-OH is 2. The van der Waals surface area contributed by atoms with Crippen LogP contribution in [0.5, 0.6) is 0 Å². The Kier molecular flexibility index (Phi) is 4.80. The van der Waals surface area contributed by atoms with Crippen molar-refractivity contribution in [2.24, 2.45) is 5.73 Å². The van der Waals surface area contributed by atoms with Crippen LogP contribution in [-0.4, -0.2) is 67.5 Å². The Balaban J connectivity index is 2.66. The lowest BCUT2D eigenvalue weighted by Crippen LogP contribution is -2.62. The molecule has 0 saturated carbocycles. The molecule has 0 spiro atoms. The highest BCUT2D eigenvalue weighted by Gasteiger charge is 2.43. The fraction of sp³-hybridized carbons (Fsp3) is 1.00. The Hall–Kier alpha value is -0.330. The number of methoxy groups -OCH3 is 1. The summed E-state index contributed by atoms with van der Waals surface area (Å²) in [6.45, 7) is -0.663. The van der Waals surface area contributed by atoms with E-state index in [-0.39, 0.29) is 0 Å². The van der Waals surface area contributed by atoms with Crippen LogP contribution in [0.1, 0.15) is 0 Å². The van der Waals surface area contributed by atoms with E-state index in [9.17, 15) is 18.6 Å². The van der Waals surface area contributed by atoms with Gasteiger partial charge in [0.2, 0.25) is 0 Å². The van der Waals surface area contributed by atoms with Crippen molar-refractivity contribution >= 4 is 10.4 Å². The Morgan fingerprint density at radius 1 is 1.35 bits per heavy atom. The molecule has 1 saturated heterocycles. The fourth-order valence-corrected chi connectivity index (χ4v) is 1.76. The number of rotatable bonds is 4. The second-order valence-electron chi connectivity index (χ2n) is 3.55. The first-order valence-electron chi connectivity index (χ1n) is 4.68. The predicted molar refractivity (Wildman–Crippen MR) is 53.2 cm³/mol. The molecule has 0 aliphatic carbocycles. The molecule has 5 N–H and O–H groups in total. The summed E-state index contributed by atoms with van der Waals surface area (Å²) in [4.78, 5) is 0. The molecule has 0 radical (unpaired) electrons. The van der Waals surface area contributed by atoms with E-state index in [4.69, 9.17) is 19.8 Å². The fourth-order valence-electron chi connectivity index (χ4n) is 1.46. The minimum absolute atomic E-state index is 0.663. The zero-order valence-corrected chi connectivity index (χ0v) is 9.78. The van der Waals surface area contributed by atoms with E-state index in [1.165, 1.54) is 7.11 Å². The van der Waals surface area contributed by atoms with Gasteiger partial charge in [-0.25, -0.2) is 4.18 Å². The molecular formula is C7H15NO8S. The van der Waals surface area contributed by atoms with Crippen molar-refractivity contribution in [2.75, 3.05) is 13.7 Å². The third-order valence-corrected chi connectivity index (χ3v) is 2.80. The molecule has 5 unspecified atom stereocenters. The van der Waals surface area contributed by atoms with E-state index >= 15 is 0 Å². The van der Waals surface area contributed by atoms with Crippen molar-refractivity contribution in [3.8, 4) is 0 Å².